The summed E-state index contributed by atoms with van der Waals surface area (Å²) in [7, 11) is 0. The first-order valence-corrected chi connectivity index (χ1v) is 4.64. The molecule has 2 heteroatoms. The second kappa shape index (κ2) is 3.60. The van der Waals surface area contributed by atoms with Crippen LogP contribution in [0.15, 0.2) is 24.3 Å². The monoisotopic (exact) mass is 174 g/mol. The van der Waals surface area contributed by atoms with Gasteiger partial charge in [-0.25, -0.2) is 0 Å². The average Bonchev–Trinajstić information content (AvgIpc) is 2.20. The molecular weight excluding hydrogens is 162 g/mol. The van der Waals surface area contributed by atoms with Crippen molar-refractivity contribution < 1.29 is 4.79 Å². The fraction of sp³-hybridized carbons (Fsp3) is 0.364. The topological polar surface area (TPSA) is 20.3 Å². The van der Waals surface area contributed by atoms with Crippen LogP contribution in [0.2, 0.25) is 0 Å². The molecule has 0 aliphatic carbocycles. The molecule has 0 aromatic heterocycles. The molecule has 0 atom stereocenters. The minimum absolute atomic E-state index is 0.242. The van der Waals surface area contributed by atoms with Crippen LogP contribution in [0.5, 0.6) is 0 Å². The molecule has 13 heavy (non-hydrogen) atoms. The molecular formula is C11H12NO. The molecule has 1 fully saturated rings. The Balaban J connectivity index is 2.20. The largest absolute Gasteiger partial charge is 0.312 e. The highest BCUT2D eigenvalue weighted by Gasteiger charge is 2.18. The van der Waals surface area contributed by atoms with Crippen molar-refractivity contribution in [3.05, 3.63) is 30.3 Å². The molecule has 2 rings (SSSR count). The fourth-order valence-electron chi connectivity index (χ4n) is 1.63. The number of hydrogen-bond donors (Lipinski definition) is 0. The number of anilines is 1. The second-order valence-electron chi connectivity index (χ2n) is 3.26. The van der Waals surface area contributed by atoms with Gasteiger partial charge in [0.15, 0.2) is 0 Å². The molecule has 1 aromatic rings. The van der Waals surface area contributed by atoms with Gasteiger partial charge in [0, 0.05) is 18.7 Å². The summed E-state index contributed by atoms with van der Waals surface area (Å²) in [6.45, 7) is 0.858. The Morgan fingerprint density at radius 3 is 3.00 bits per heavy atom. The number of benzene rings is 1. The van der Waals surface area contributed by atoms with Crippen molar-refractivity contribution in [3.8, 4) is 0 Å². The van der Waals surface area contributed by atoms with E-state index in [9.17, 15) is 4.79 Å². The number of amides is 1. The van der Waals surface area contributed by atoms with E-state index in [1.54, 1.807) is 0 Å². The van der Waals surface area contributed by atoms with Crippen molar-refractivity contribution in [2.24, 2.45) is 0 Å². The second-order valence-corrected chi connectivity index (χ2v) is 3.26. The highest BCUT2D eigenvalue weighted by atomic mass is 16.2. The van der Waals surface area contributed by atoms with E-state index in [4.69, 9.17) is 0 Å². The molecule has 1 saturated heterocycles. The Kier molecular flexibility index (Phi) is 2.30. The lowest BCUT2D eigenvalue weighted by Gasteiger charge is -2.26. The van der Waals surface area contributed by atoms with E-state index in [1.807, 2.05) is 29.2 Å². The highest BCUT2D eigenvalue weighted by molar-refractivity contribution is 5.93. The lowest BCUT2D eigenvalue weighted by atomic mass is 10.1. The lowest BCUT2D eigenvalue weighted by molar-refractivity contribution is -0.119. The van der Waals surface area contributed by atoms with Crippen LogP contribution in [0.25, 0.3) is 0 Å². The van der Waals surface area contributed by atoms with Crippen LogP contribution in [-0.4, -0.2) is 12.5 Å². The van der Waals surface area contributed by atoms with Gasteiger partial charge in [0.05, 0.1) is 0 Å². The van der Waals surface area contributed by atoms with Crippen molar-refractivity contribution in [3.63, 3.8) is 0 Å². The maximum atomic E-state index is 11.5. The molecule has 1 radical (unpaired) electrons. The van der Waals surface area contributed by atoms with Gasteiger partial charge in [-0.05, 0) is 31.0 Å². The van der Waals surface area contributed by atoms with Gasteiger partial charge in [-0.3, -0.25) is 4.79 Å². The smallest absolute Gasteiger partial charge is 0.226 e. The molecule has 1 aromatic carbocycles. The predicted octanol–water partition coefficient (Wildman–Crippen LogP) is 2.00. The van der Waals surface area contributed by atoms with E-state index >= 15 is 0 Å². The first kappa shape index (κ1) is 8.30. The number of carbonyl (C=O) groups excluding carboxylic acids is 1. The quantitative estimate of drug-likeness (QED) is 0.637. The molecule has 0 unspecified atom stereocenters. The summed E-state index contributed by atoms with van der Waals surface area (Å²) in [5.41, 5.74) is 0.979. The number of rotatable bonds is 1. The summed E-state index contributed by atoms with van der Waals surface area (Å²) in [4.78, 5) is 13.4. The first-order chi connectivity index (χ1) is 6.38. The number of hydrogen-bond acceptors (Lipinski definition) is 1. The van der Waals surface area contributed by atoms with Crippen LogP contribution in [-0.2, 0) is 4.79 Å². The molecule has 1 aliphatic heterocycles. The van der Waals surface area contributed by atoms with E-state index < -0.39 is 0 Å². The molecule has 67 valence electrons. The van der Waals surface area contributed by atoms with Gasteiger partial charge in [-0.15, -0.1) is 0 Å². The minimum Gasteiger partial charge on any atom is -0.312 e. The SMILES string of the molecule is O=C1CCCCN1c1c[c]ccc1. The van der Waals surface area contributed by atoms with Crippen LogP contribution in [0.4, 0.5) is 5.69 Å². The lowest BCUT2D eigenvalue weighted by Crippen LogP contribution is -2.35. The third-order valence-electron chi connectivity index (χ3n) is 2.33. The molecule has 1 heterocycles. The Bertz CT molecular complexity index is 294. The number of nitrogens with zero attached hydrogens (tertiary/aromatic N) is 1. The maximum absolute atomic E-state index is 11.5. The van der Waals surface area contributed by atoms with E-state index in [0.717, 1.165) is 25.1 Å². The van der Waals surface area contributed by atoms with E-state index in [1.165, 1.54) is 0 Å². The summed E-state index contributed by atoms with van der Waals surface area (Å²) < 4.78 is 0. The zero-order valence-corrected chi connectivity index (χ0v) is 7.49. The van der Waals surface area contributed by atoms with E-state index in [0.29, 0.717) is 6.42 Å². The molecule has 1 aliphatic rings. The van der Waals surface area contributed by atoms with E-state index in [-0.39, 0.29) is 5.91 Å². The highest BCUT2D eigenvalue weighted by Crippen LogP contribution is 2.19. The van der Waals surface area contributed by atoms with Crippen LogP contribution >= 0.6 is 0 Å². The Morgan fingerprint density at radius 1 is 1.38 bits per heavy atom. The van der Waals surface area contributed by atoms with Crippen molar-refractivity contribution in [2.45, 2.75) is 19.3 Å². The zero-order valence-electron chi connectivity index (χ0n) is 7.49. The van der Waals surface area contributed by atoms with Crippen molar-refractivity contribution >= 4 is 11.6 Å². The van der Waals surface area contributed by atoms with Gasteiger partial charge < -0.3 is 4.90 Å². The van der Waals surface area contributed by atoms with Gasteiger partial charge in [-0.1, -0.05) is 12.1 Å². The summed E-state index contributed by atoms with van der Waals surface area (Å²) >= 11 is 0. The standard InChI is InChI=1S/C11H12NO/c13-11-8-4-5-9-12(11)10-6-2-1-3-7-10/h1-2,6-7H,4-5,8-9H2. The summed E-state index contributed by atoms with van der Waals surface area (Å²) in [5, 5.41) is 0. The fourth-order valence-corrected chi connectivity index (χ4v) is 1.63. The van der Waals surface area contributed by atoms with Crippen LogP contribution in [0, 0.1) is 6.07 Å². The Morgan fingerprint density at radius 2 is 2.31 bits per heavy atom. The first-order valence-electron chi connectivity index (χ1n) is 4.64. The van der Waals surface area contributed by atoms with Gasteiger partial charge in [0.1, 0.15) is 0 Å². The summed E-state index contributed by atoms with van der Waals surface area (Å²) in [6.07, 6.45) is 2.83. The minimum atomic E-state index is 0.242. The summed E-state index contributed by atoms with van der Waals surface area (Å²) in [6, 6.07) is 10.6. The third-order valence-corrected chi connectivity index (χ3v) is 2.33. The Hall–Kier alpha value is -1.31. The number of carbonyl (C=O) groups is 1. The van der Waals surface area contributed by atoms with Crippen molar-refractivity contribution in [1.82, 2.24) is 0 Å². The predicted molar refractivity (Wildman–Crippen MR) is 51.5 cm³/mol. The molecule has 0 bridgehead atoms. The van der Waals surface area contributed by atoms with Gasteiger partial charge in [0.25, 0.3) is 0 Å². The Labute approximate surface area is 78.2 Å². The zero-order chi connectivity index (χ0) is 9.10. The third kappa shape index (κ3) is 1.72. The van der Waals surface area contributed by atoms with Crippen molar-refractivity contribution in [2.75, 3.05) is 11.4 Å². The van der Waals surface area contributed by atoms with Crippen molar-refractivity contribution in [1.29, 1.82) is 0 Å². The van der Waals surface area contributed by atoms with E-state index in [2.05, 4.69) is 6.07 Å². The molecule has 2 nitrogen and oxygen atoms in total. The summed E-state index contributed by atoms with van der Waals surface area (Å²) in [5.74, 6) is 0.242. The average molecular weight is 174 g/mol. The van der Waals surface area contributed by atoms with Gasteiger partial charge in [0.2, 0.25) is 5.91 Å². The molecule has 0 spiro atoms. The number of piperidine rings is 1. The maximum Gasteiger partial charge on any atom is 0.226 e. The normalized spacial score (nSPS) is 17.5. The van der Waals surface area contributed by atoms with Crippen LogP contribution in [0.3, 0.4) is 0 Å². The molecule has 0 saturated carbocycles. The van der Waals surface area contributed by atoms with Gasteiger partial charge in [-0.2, -0.15) is 0 Å². The molecule has 0 N–H and O–H groups in total. The van der Waals surface area contributed by atoms with Crippen LogP contribution in [0.1, 0.15) is 19.3 Å². The van der Waals surface area contributed by atoms with Gasteiger partial charge >= 0.3 is 0 Å². The van der Waals surface area contributed by atoms with Crippen LogP contribution < -0.4 is 4.90 Å². The molecule has 1 amide bonds.